The number of hydrogen-bond acceptors (Lipinski definition) is 0. The van der Waals surface area contributed by atoms with Gasteiger partial charge in [0.25, 0.3) is 0 Å². The summed E-state index contributed by atoms with van der Waals surface area (Å²) in [7, 11) is 0. The molecule has 0 spiro atoms. The molecule has 0 fully saturated rings. The van der Waals surface area contributed by atoms with Crippen LogP contribution in [0, 0.1) is 0 Å². The number of para-hydroxylation sites is 1. The Labute approximate surface area is 86.8 Å². The van der Waals surface area contributed by atoms with Crippen molar-refractivity contribution in [1.82, 2.24) is 4.98 Å². The third kappa shape index (κ3) is 2.48. The Morgan fingerprint density at radius 2 is 1.67 bits per heavy atom. The van der Waals surface area contributed by atoms with Crippen molar-refractivity contribution >= 4 is 10.9 Å². The van der Waals surface area contributed by atoms with Gasteiger partial charge in [-0.2, -0.15) is 6.20 Å². The molecule has 0 aliphatic heterocycles. The van der Waals surface area contributed by atoms with Crippen LogP contribution in [0.4, 0.5) is 0 Å². The summed E-state index contributed by atoms with van der Waals surface area (Å²) in [6.07, 6.45) is 1.82. The maximum Gasteiger partial charge on any atom is 0 e. The molecule has 0 amide bonds. The first-order valence-corrected chi connectivity index (χ1v) is 3.93. The van der Waals surface area contributed by atoms with Gasteiger partial charge in [0.15, 0.2) is 0 Å². The summed E-state index contributed by atoms with van der Waals surface area (Å²) in [5, 5.41) is 1.22. The van der Waals surface area contributed by atoms with E-state index in [1.165, 1.54) is 5.39 Å². The van der Waals surface area contributed by atoms with E-state index >= 15 is 0 Å². The van der Waals surface area contributed by atoms with Gasteiger partial charge in [0.05, 0.1) is 0 Å². The van der Waals surface area contributed by atoms with Crippen molar-refractivity contribution in [1.29, 1.82) is 0 Å². The molecule has 1 nitrogen and oxygen atoms in total. The van der Waals surface area contributed by atoms with Crippen LogP contribution in [-0.4, -0.2) is 0 Å². The first-order valence-electron chi connectivity index (χ1n) is 3.93. The monoisotopic (exact) mass is 333 g/mol. The topological polar surface area (TPSA) is 14.1 Å². The molecule has 65 valence electrons. The Morgan fingerprint density at radius 3 is 2.33 bits per heavy atom. The van der Waals surface area contributed by atoms with E-state index in [4.69, 9.17) is 0 Å². The zero-order valence-corrected chi connectivity index (χ0v) is 10.0. The number of fused-ring (bicyclic) bond motifs is 1. The van der Waals surface area contributed by atoms with Crippen LogP contribution >= 0.6 is 0 Å². The smallest absolute Gasteiger partial charge is 0 e. The molecule has 1 aromatic carbocycles. The van der Waals surface area contributed by atoms with Crippen LogP contribution in [0.25, 0.3) is 10.9 Å². The standard InChI is InChI=1S/C8H6N.C2H6.Re/c1-2-4-8-7(3-1)5-6-9-8;1-2;/h1-6H;1-2H3;/q-1;;. The van der Waals surface area contributed by atoms with E-state index in [0.29, 0.717) is 0 Å². The van der Waals surface area contributed by atoms with Gasteiger partial charge in [-0.1, -0.05) is 44.2 Å². The fourth-order valence-corrected chi connectivity index (χ4v) is 0.944. The first-order chi connectivity index (χ1) is 5.47. The third-order valence-corrected chi connectivity index (χ3v) is 1.40. The number of nitrogens with zero attached hydrogens (tertiary/aromatic N) is 1. The summed E-state index contributed by atoms with van der Waals surface area (Å²) in [6.45, 7) is 4.00. The fourth-order valence-electron chi connectivity index (χ4n) is 0.944. The number of hydrogen-bond donors (Lipinski definition) is 0. The van der Waals surface area contributed by atoms with Crippen LogP contribution in [0.2, 0.25) is 0 Å². The molecule has 2 aromatic rings. The van der Waals surface area contributed by atoms with Crippen LogP contribution in [0.3, 0.4) is 0 Å². The van der Waals surface area contributed by atoms with E-state index in [2.05, 4.69) is 11.1 Å². The fraction of sp³-hybridized carbons (Fsp3) is 0.200. The van der Waals surface area contributed by atoms with E-state index in [-0.39, 0.29) is 20.4 Å². The molecule has 0 saturated carbocycles. The Bertz CT molecular complexity index is 284. The second-order valence-electron chi connectivity index (χ2n) is 2.00. The molecule has 0 aliphatic carbocycles. The minimum atomic E-state index is 0. The quantitative estimate of drug-likeness (QED) is 0.724. The number of benzene rings is 1. The second kappa shape index (κ2) is 6.00. The van der Waals surface area contributed by atoms with Gasteiger partial charge >= 0.3 is 0 Å². The minimum absolute atomic E-state index is 0. The maximum atomic E-state index is 4.12. The molecule has 0 saturated heterocycles. The van der Waals surface area contributed by atoms with Crippen LogP contribution in [0.15, 0.2) is 36.5 Å². The molecule has 1 radical (unpaired) electrons. The van der Waals surface area contributed by atoms with Crippen molar-refractivity contribution in [2.45, 2.75) is 13.8 Å². The average molecular weight is 332 g/mol. The van der Waals surface area contributed by atoms with Gasteiger partial charge in [0.1, 0.15) is 0 Å². The molecular weight excluding hydrogens is 320 g/mol. The zero-order valence-electron chi connectivity index (χ0n) is 7.29. The molecule has 0 atom stereocenters. The molecule has 1 aromatic heterocycles. The Balaban J connectivity index is 0.000000378. The summed E-state index contributed by atoms with van der Waals surface area (Å²) in [6, 6.07) is 10.1. The molecule has 0 N–H and O–H groups in total. The molecule has 0 aliphatic rings. The number of rotatable bonds is 0. The van der Waals surface area contributed by atoms with Gasteiger partial charge in [-0.25, -0.2) is 0 Å². The van der Waals surface area contributed by atoms with Gasteiger partial charge in [-0.15, -0.1) is 5.52 Å². The molecule has 0 bridgehead atoms. The van der Waals surface area contributed by atoms with Crippen molar-refractivity contribution in [3.05, 3.63) is 36.5 Å². The maximum absolute atomic E-state index is 4.12. The molecule has 0 unspecified atom stereocenters. The predicted octanol–water partition coefficient (Wildman–Crippen LogP) is 2.82. The third-order valence-electron chi connectivity index (χ3n) is 1.40. The summed E-state index contributed by atoms with van der Waals surface area (Å²) in [5.41, 5.74) is 1.08. The van der Waals surface area contributed by atoms with Gasteiger partial charge in [0.2, 0.25) is 0 Å². The Kier molecular flexibility index (Phi) is 5.71. The van der Waals surface area contributed by atoms with Crippen molar-refractivity contribution in [3.63, 3.8) is 0 Å². The van der Waals surface area contributed by atoms with Gasteiger partial charge < -0.3 is 4.98 Å². The van der Waals surface area contributed by atoms with E-state index in [0.717, 1.165) is 5.52 Å². The summed E-state index contributed by atoms with van der Waals surface area (Å²) >= 11 is 0. The second-order valence-corrected chi connectivity index (χ2v) is 2.00. The molecule has 2 heteroatoms. The summed E-state index contributed by atoms with van der Waals surface area (Å²) in [5.74, 6) is 0. The first kappa shape index (κ1) is 11.4. The largest absolute Gasteiger partial charge is 0.664 e. The zero-order chi connectivity index (χ0) is 8.10. The van der Waals surface area contributed by atoms with Crippen LogP contribution < -0.4 is 4.98 Å². The van der Waals surface area contributed by atoms with Crippen molar-refractivity contribution in [2.24, 2.45) is 0 Å². The number of aromatic nitrogens is 1. The van der Waals surface area contributed by atoms with E-state index in [1.807, 2.05) is 44.3 Å². The summed E-state index contributed by atoms with van der Waals surface area (Å²) in [4.78, 5) is 4.12. The molecule has 1 heterocycles. The molecule has 2 rings (SSSR count). The van der Waals surface area contributed by atoms with Crippen LogP contribution in [0.5, 0.6) is 0 Å². The van der Waals surface area contributed by atoms with Crippen LogP contribution in [0.1, 0.15) is 13.8 Å². The van der Waals surface area contributed by atoms with E-state index in [1.54, 1.807) is 0 Å². The minimum Gasteiger partial charge on any atom is -0.664 e. The predicted molar refractivity (Wildman–Crippen MR) is 48.6 cm³/mol. The summed E-state index contributed by atoms with van der Waals surface area (Å²) < 4.78 is 0. The van der Waals surface area contributed by atoms with Crippen molar-refractivity contribution in [2.75, 3.05) is 0 Å². The Hall–Kier alpha value is -0.578. The van der Waals surface area contributed by atoms with Crippen molar-refractivity contribution in [3.8, 4) is 0 Å². The van der Waals surface area contributed by atoms with Gasteiger partial charge in [-0.05, 0) is 5.39 Å². The van der Waals surface area contributed by atoms with E-state index in [9.17, 15) is 0 Å². The van der Waals surface area contributed by atoms with E-state index < -0.39 is 0 Å². The Morgan fingerprint density at radius 1 is 1.00 bits per heavy atom. The molecular formula is C10H12NRe-. The van der Waals surface area contributed by atoms with Gasteiger partial charge in [0, 0.05) is 20.4 Å². The SMILES string of the molecule is CC.[Re].c1ccc2[n-]ccc2c1. The molecule has 12 heavy (non-hydrogen) atoms. The average Bonchev–Trinajstić information content (AvgIpc) is 2.55. The van der Waals surface area contributed by atoms with Crippen LogP contribution in [-0.2, 0) is 20.4 Å². The normalized spacial score (nSPS) is 8.17. The van der Waals surface area contributed by atoms with Gasteiger partial charge in [-0.3, -0.25) is 0 Å². The van der Waals surface area contributed by atoms with Crippen molar-refractivity contribution < 1.29 is 20.4 Å².